The van der Waals surface area contributed by atoms with Crippen LogP contribution in [0.15, 0.2) is 218 Å². The van der Waals surface area contributed by atoms with Gasteiger partial charge in [0.2, 0.25) is 0 Å². The van der Waals surface area contributed by atoms with Gasteiger partial charge in [0, 0.05) is 38.9 Å². The number of benzene rings is 9. The van der Waals surface area contributed by atoms with Gasteiger partial charge in [0.25, 0.3) is 0 Å². The van der Waals surface area contributed by atoms with Crippen molar-refractivity contribution in [3.8, 4) is 50.2 Å². The maximum Gasteiger partial charge on any atom is 0.0544 e. The molecule has 1 aliphatic carbocycles. The Kier molecular flexibility index (Phi) is 8.20. The molecule has 59 heavy (non-hydrogen) atoms. The molecule has 0 saturated heterocycles. The molecule has 10 aromatic rings. The normalized spacial score (nSPS) is 12.7. The van der Waals surface area contributed by atoms with Gasteiger partial charge in [0.05, 0.1) is 11.0 Å². The van der Waals surface area contributed by atoms with Gasteiger partial charge in [-0.25, -0.2) is 0 Å². The average Bonchev–Trinajstić information content (AvgIpc) is 3.74. The summed E-state index contributed by atoms with van der Waals surface area (Å²) in [6.07, 6.45) is 0. The molecule has 0 bridgehead atoms. The molecular formula is C57H42N2. The van der Waals surface area contributed by atoms with E-state index in [0.29, 0.717) is 0 Å². The molecule has 0 radical (unpaired) electrons. The van der Waals surface area contributed by atoms with Crippen molar-refractivity contribution in [2.45, 2.75) is 19.3 Å². The second-order valence-electron chi connectivity index (χ2n) is 16.2. The van der Waals surface area contributed by atoms with Crippen LogP contribution in [0.3, 0.4) is 0 Å². The van der Waals surface area contributed by atoms with Crippen molar-refractivity contribution >= 4 is 38.9 Å². The summed E-state index contributed by atoms with van der Waals surface area (Å²) in [6, 6.07) is 79.8. The molecule has 0 saturated carbocycles. The average molecular weight is 755 g/mol. The van der Waals surface area contributed by atoms with Crippen molar-refractivity contribution in [2.24, 2.45) is 0 Å². The lowest BCUT2D eigenvalue weighted by atomic mass is 9.82. The lowest BCUT2D eigenvalue weighted by Gasteiger charge is -2.25. The molecule has 11 rings (SSSR count). The molecule has 0 aliphatic heterocycles. The number of fused-ring (bicyclic) bond motifs is 6. The second-order valence-corrected chi connectivity index (χ2v) is 16.2. The number of aromatic nitrogens is 1. The Morgan fingerprint density at radius 2 is 0.831 bits per heavy atom. The monoisotopic (exact) mass is 754 g/mol. The summed E-state index contributed by atoms with van der Waals surface area (Å²) in [5, 5.41) is 2.50. The van der Waals surface area contributed by atoms with Crippen LogP contribution < -0.4 is 4.90 Å². The van der Waals surface area contributed by atoms with Crippen molar-refractivity contribution in [1.82, 2.24) is 4.57 Å². The Hall–Kier alpha value is -7.42. The van der Waals surface area contributed by atoms with E-state index >= 15 is 0 Å². The van der Waals surface area contributed by atoms with Crippen LogP contribution in [0, 0.1) is 0 Å². The van der Waals surface area contributed by atoms with E-state index in [-0.39, 0.29) is 5.41 Å². The van der Waals surface area contributed by atoms with Crippen LogP contribution in [0.25, 0.3) is 72.0 Å². The molecule has 2 nitrogen and oxygen atoms in total. The number of anilines is 3. The number of para-hydroxylation sites is 2. The molecule has 0 amide bonds. The maximum atomic E-state index is 2.51. The van der Waals surface area contributed by atoms with E-state index in [1.165, 1.54) is 77.4 Å². The van der Waals surface area contributed by atoms with E-state index in [4.69, 9.17) is 0 Å². The van der Waals surface area contributed by atoms with Gasteiger partial charge in [-0.15, -0.1) is 0 Å². The first-order chi connectivity index (χ1) is 29.0. The highest BCUT2D eigenvalue weighted by atomic mass is 15.1. The maximum absolute atomic E-state index is 2.51. The first-order valence-electron chi connectivity index (χ1n) is 20.5. The topological polar surface area (TPSA) is 8.17 Å². The van der Waals surface area contributed by atoms with Gasteiger partial charge in [-0.3, -0.25) is 0 Å². The van der Waals surface area contributed by atoms with E-state index in [2.05, 4.69) is 242 Å². The van der Waals surface area contributed by atoms with Gasteiger partial charge < -0.3 is 9.47 Å². The van der Waals surface area contributed by atoms with Crippen LogP contribution in [0.5, 0.6) is 0 Å². The minimum Gasteiger partial charge on any atom is -0.311 e. The van der Waals surface area contributed by atoms with Crippen LogP contribution in [0.4, 0.5) is 17.1 Å². The summed E-state index contributed by atoms with van der Waals surface area (Å²) in [6.45, 7) is 4.75. The van der Waals surface area contributed by atoms with Crippen LogP contribution in [0.1, 0.15) is 25.0 Å². The molecule has 0 atom stereocenters. The zero-order chi connectivity index (χ0) is 39.5. The summed E-state index contributed by atoms with van der Waals surface area (Å²) in [7, 11) is 0. The molecule has 0 N–H and O–H groups in total. The number of nitrogens with zero attached hydrogens (tertiary/aromatic N) is 2. The number of hydrogen-bond donors (Lipinski definition) is 0. The van der Waals surface area contributed by atoms with E-state index in [1.807, 2.05) is 0 Å². The summed E-state index contributed by atoms with van der Waals surface area (Å²) in [5.41, 5.74) is 19.4. The molecule has 1 aromatic heterocycles. The van der Waals surface area contributed by atoms with Gasteiger partial charge in [0.1, 0.15) is 0 Å². The van der Waals surface area contributed by atoms with Crippen molar-refractivity contribution in [3.63, 3.8) is 0 Å². The molecule has 0 spiro atoms. The van der Waals surface area contributed by atoms with Gasteiger partial charge in [-0.1, -0.05) is 153 Å². The van der Waals surface area contributed by atoms with Crippen molar-refractivity contribution < 1.29 is 0 Å². The highest BCUT2D eigenvalue weighted by Crippen LogP contribution is 2.51. The summed E-state index contributed by atoms with van der Waals surface area (Å²) in [5.74, 6) is 0. The van der Waals surface area contributed by atoms with E-state index < -0.39 is 0 Å². The fraction of sp³-hybridized carbons (Fsp3) is 0.0526. The van der Waals surface area contributed by atoms with Gasteiger partial charge in [0.15, 0.2) is 0 Å². The molecule has 280 valence electrons. The lowest BCUT2D eigenvalue weighted by molar-refractivity contribution is 0.661. The molecule has 9 aromatic carbocycles. The Morgan fingerprint density at radius 1 is 0.339 bits per heavy atom. The minimum atomic E-state index is -0.122. The summed E-state index contributed by atoms with van der Waals surface area (Å²) < 4.78 is 2.51. The highest BCUT2D eigenvalue weighted by molar-refractivity contribution is 6.13. The Morgan fingerprint density at radius 3 is 1.44 bits per heavy atom. The standard InChI is InChI=1S/C57H42N2/c1-57(2)53-26-16-15-25-49(53)50-37-52-51-36-42(41-27-30-47(31-28-41)58(45-21-11-5-12-22-45)46-23-13-6-14-24-46)29-32-55(51)59(56(52)38-54(50)57)48-34-43(39-17-7-3-8-18-39)33-44(35-48)40-19-9-4-10-20-40/h3-38H,1-2H3. The van der Waals surface area contributed by atoms with Gasteiger partial charge in [-0.2, -0.15) is 0 Å². The van der Waals surface area contributed by atoms with Crippen molar-refractivity contribution in [3.05, 3.63) is 230 Å². The van der Waals surface area contributed by atoms with E-state index in [0.717, 1.165) is 22.7 Å². The summed E-state index contributed by atoms with van der Waals surface area (Å²) >= 11 is 0. The number of rotatable bonds is 7. The van der Waals surface area contributed by atoms with Crippen LogP contribution in [-0.4, -0.2) is 4.57 Å². The third-order valence-electron chi connectivity index (χ3n) is 12.3. The zero-order valence-corrected chi connectivity index (χ0v) is 33.2. The Labute approximate surface area is 345 Å². The molecule has 1 heterocycles. The lowest BCUT2D eigenvalue weighted by Crippen LogP contribution is -2.14. The molecular weight excluding hydrogens is 713 g/mol. The zero-order valence-electron chi connectivity index (χ0n) is 33.2. The quantitative estimate of drug-likeness (QED) is 0.157. The third-order valence-corrected chi connectivity index (χ3v) is 12.3. The molecule has 2 heteroatoms. The van der Waals surface area contributed by atoms with Crippen LogP contribution in [0.2, 0.25) is 0 Å². The summed E-state index contributed by atoms with van der Waals surface area (Å²) in [4.78, 5) is 2.31. The number of hydrogen-bond acceptors (Lipinski definition) is 1. The smallest absolute Gasteiger partial charge is 0.0544 e. The predicted molar refractivity (Wildman–Crippen MR) is 249 cm³/mol. The first kappa shape index (κ1) is 34.8. The third kappa shape index (κ3) is 5.87. The van der Waals surface area contributed by atoms with Crippen LogP contribution in [-0.2, 0) is 5.41 Å². The second kappa shape index (κ2) is 13.9. The predicted octanol–water partition coefficient (Wildman–Crippen LogP) is 15.6. The van der Waals surface area contributed by atoms with Crippen molar-refractivity contribution in [2.75, 3.05) is 4.90 Å². The molecule has 1 aliphatic rings. The molecule has 0 fully saturated rings. The van der Waals surface area contributed by atoms with E-state index in [1.54, 1.807) is 0 Å². The molecule has 0 unspecified atom stereocenters. The minimum absolute atomic E-state index is 0.122. The first-order valence-corrected chi connectivity index (χ1v) is 20.5. The van der Waals surface area contributed by atoms with Gasteiger partial charge >= 0.3 is 0 Å². The fourth-order valence-corrected chi connectivity index (χ4v) is 9.41. The highest BCUT2D eigenvalue weighted by Gasteiger charge is 2.36. The van der Waals surface area contributed by atoms with E-state index in [9.17, 15) is 0 Å². The SMILES string of the molecule is CC1(C)c2ccccc2-c2cc3c4cc(-c5ccc(N(c6ccccc6)c6ccccc6)cc5)ccc4n(-c4cc(-c5ccccc5)cc(-c5ccccc5)c4)c3cc21. The fourth-order valence-electron chi connectivity index (χ4n) is 9.41. The van der Waals surface area contributed by atoms with Gasteiger partial charge in [-0.05, 0) is 134 Å². The Bertz CT molecular complexity index is 3050. The van der Waals surface area contributed by atoms with Crippen molar-refractivity contribution in [1.29, 1.82) is 0 Å². The Balaban J connectivity index is 1.12. The van der Waals surface area contributed by atoms with Crippen LogP contribution >= 0.6 is 0 Å². The largest absolute Gasteiger partial charge is 0.311 e.